The molecule has 9 heteroatoms. The number of nitrogens with zero attached hydrogens (tertiary/aromatic N) is 1. The van der Waals surface area contributed by atoms with E-state index >= 15 is 0 Å². The summed E-state index contributed by atoms with van der Waals surface area (Å²) in [6, 6.07) is 13.2. The van der Waals surface area contributed by atoms with Crippen molar-refractivity contribution in [2.45, 2.75) is 32.9 Å². The number of esters is 1. The highest BCUT2D eigenvalue weighted by molar-refractivity contribution is 7.98. The van der Waals surface area contributed by atoms with Gasteiger partial charge >= 0.3 is 5.97 Å². The number of ether oxygens (including phenoxy) is 1. The standard InChI is InChI=1S/C24H31N3O5S/c1-4-32-22(29)15-25-27(16-18-9-6-5-7-10-18)24(31)20(13-14-33-3)26-23(30)19-11-8-12-21(28)17(19)2/h5-12,20,25,28H,4,13-16H2,1-3H3,(H,26,30)/t20-/m0/s1. The van der Waals surface area contributed by atoms with Crippen LogP contribution in [0.3, 0.4) is 0 Å². The summed E-state index contributed by atoms with van der Waals surface area (Å²) in [5, 5.41) is 14.1. The number of aromatic hydroxyl groups is 1. The van der Waals surface area contributed by atoms with Crippen molar-refractivity contribution >= 4 is 29.5 Å². The normalized spacial score (nSPS) is 11.5. The molecule has 2 aromatic rings. The molecule has 0 radical (unpaired) electrons. The van der Waals surface area contributed by atoms with Gasteiger partial charge in [0.1, 0.15) is 18.3 Å². The molecule has 0 unspecified atom stereocenters. The quantitative estimate of drug-likeness (QED) is 0.321. The fraction of sp³-hybridized carbons (Fsp3) is 0.375. The first-order valence-corrected chi connectivity index (χ1v) is 12.1. The summed E-state index contributed by atoms with van der Waals surface area (Å²) >= 11 is 1.56. The molecule has 0 aliphatic rings. The van der Waals surface area contributed by atoms with E-state index in [0.717, 1.165) is 5.56 Å². The summed E-state index contributed by atoms with van der Waals surface area (Å²) in [6.45, 7) is 3.62. The summed E-state index contributed by atoms with van der Waals surface area (Å²) in [4.78, 5) is 38.3. The van der Waals surface area contributed by atoms with Gasteiger partial charge in [0.15, 0.2) is 0 Å². The lowest BCUT2D eigenvalue weighted by Crippen LogP contribution is -2.54. The molecule has 2 amide bonds. The molecule has 0 fully saturated rings. The molecule has 0 aliphatic heterocycles. The van der Waals surface area contributed by atoms with Gasteiger partial charge in [0.2, 0.25) is 0 Å². The Hall–Kier alpha value is -3.04. The molecule has 178 valence electrons. The third-order valence-electron chi connectivity index (χ3n) is 4.93. The van der Waals surface area contributed by atoms with E-state index < -0.39 is 17.9 Å². The summed E-state index contributed by atoms with van der Waals surface area (Å²) in [5.41, 5.74) is 4.45. The second-order valence-electron chi connectivity index (χ2n) is 7.31. The van der Waals surface area contributed by atoms with Gasteiger partial charge in [-0.1, -0.05) is 36.4 Å². The third kappa shape index (κ3) is 8.11. The second kappa shape index (κ2) is 13.5. The predicted octanol–water partition coefficient (Wildman–Crippen LogP) is 2.65. The van der Waals surface area contributed by atoms with Crippen LogP contribution in [-0.2, 0) is 20.9 Å². The number of amides is 2. The number of hydrogen-bond donors (Lipinski definition) is 3. The first-order valence-electron chi connectivity index (χ1n) is 10.7. The Morgan fingerprint density at radius 3 is 2.52 bits per heavy atom. The highest BCUT2D eigenvalue weighted by Gasteiger charge is 2.27. The zero-order valence-electron chi connectivity index (χ0n) is 19.2. The van der Waals surface area contributed by atoms with Gasteiger partial charge in [0, 0.05) is 11.1 Å². The summed E-state index contributed by atoms with van der Waals surface area (Å²) < 4.78 is 4.96. The molecule has 1 atom stereocenters. The monoisotopic (exact) mass is 473 g/mol. The second-order valence-corrected chi connectivity index (χ2v) is 8.29. The van der Waals surface area contributed by atoms with Gasteiger partial charge in [-0.15, -0.1) is 0 Å². The molecular formula is C24H31N3O5S. The van der Waals surface area contributed by atoms with Crippen LogP contribution in [0, 0.1) is 6.92 Å². The van der Waals surface area contributed by atoms with E-state index in [1.807, 2.05) is 36.6 Å². The van der Waals surface area contributed by atoms with E-state index in [2.05, 4.69) is 10.7 Å². The van der Waals surface area contributed by atoms with E-state index in [1.165, 1.54) is 11.1 Å². The maximum Gasteiger partial charge on any atom is 0.321 e. The van der Waals surface area contributed by atoms with Gasteiger partial charge in [-0.05, 0) is 50.0 Å². The minimum Gasteiger partial charge on any atom is -0.508 e. The molecule has 2 rings (SSSR count). The van der Waals surface area contributed by atoms with Crippen LogP contribution in [0.4, 0.5) is 0 Å². The minimum atomic E-state index is -0.829. The van der Waals surface area contributed by atoms with Gasteiger partial charge in [0.25, 0.3) is 11.8 Å². The molecule has 0 saturated carbocycles. The van der Waals surface area contributed by atoms with Crippen LogP contribution in [0.25, 0.3) is 0 Å². The van der Waals surface area contributed by atoms with Crippen molar-refractivity contribution in [2.75, 3.05) is 25.2 Å². The number of thioether (sulfide) groups is 1. The number of hydrogen-bond acceptors (Lipinski definition) is 7. The Kier molecular flexibility index (Phi) is 10.7. The first-order chi connectivity index (χ1) is 15.9. The van der Waals surface area contributed by atoms with Crippen LogP contribution in [0.5, 0.6) is 5.75 Å². The number of benzene rings is 2. The van der Waals surface area contributed by atoms with Gasteiger partial charge in [-0.2, -0.15) is 11.8 Å². The SMILES string of the molecule is CCOC(=O)CNN(Cc1ccccc1)C(=O)[C@H](CCSC)NC(=O)c1cccc(O)c1C. The molecular weight excluding hydrogens is 442 g/mol. The Bertz CT molecular complexity index is 939. The van der Waals surface area contributed by atoms with Crippen LogP contribution in [0.1, 0.15) is 34.8 Å². The van der Waals surface area contributed by atoms with Gasteiger partial charge < -0.3 is 15.2 Å². The summed E-state index contributed by atoms with van der Waals surface area (Å²) in [6.07, 6.45) is 2.32. The maximum absolute atomic E-state index is 13.5. The Labute approximate surface area is 198 Å². The van der Waals surface area contributed by atoms with Gasteiger partial charge in [-0.3, -0.25) is 19.4 Å². The van der Waals surface area contributed by atoms with Crippen molar-refractivity contribution in [3.63, 3.8) is 0 Å². The number of phenolic OH excluding ortho intramolecular Hbond substituents is 1. The smallest absolute Gasteiger partial charge is 0.321 e. The Balaban J connectivity index is 2.24. The topological polar surface area (TPSA) is 108 Å². The van der Waals surface area contributed by atoms with Crippen LogP contribution < -0.4 is 10.7 Å². The molecule has 33 heavy (non-hydrogen) atoms. The zero-order valence-corrected chi connectivity index (χ0v) is 20.0. The van der Waals surface area contributed by atoms with Gasteiger partial charge in [0.05, 0.1) is 13.2 Å². The molecule has 8 nitrogen and oxygen atoms in total. The van der Waals surface area contributed by atoms with E-state index in [9.17, 15) is 19.5 Å². The van der Waals surface area contributed by atoms with E-state index in [0.29, 0.717) is 23.3 Å². The van der Waals surface area contributed by atoms with Gasteiger partial charge in [-0.25, -0.2) is 5.43 Å². The number of hydrazine groups is 1. The van der Waals surface area contributed by atoms with Crippen molar-refractivity contribution in [3.05, 3.63) is 65.2 Å². The molecule has 2 aromatic carbocycles. The first kappa shape index (κ1) is 26.2. The average molecular weight is 474 g/mol. The number of rotatable bonds is 12. The molecule has 0 bridgehead atoms. The number of phenols is 1. The lowest BCUT2D eigenvalue weighted by molar-refractivity contribution is -0.145. The molecule has 0 saturated heterocycles. The molecule has 3 N–H and O–H groups in total. The van der Waals surface area contributed by atoms with Crippen molar-refractivity contribution in [1.29, 1.82) is 0 Å². The number of carbonyl (C=O) groups is 3. The molecule has 0 aromatic heterocycles. The highest BCUT2D eigenvalue weighted by Crippen LogP contribution is 2.20. The van der Waals surface area contributed by atoms with Crippen molar-refractivity contribution in [1.82, 2.24) is 15.8 Å². The van der Waals surface area contributed by atoms with Crippen LogP contribution >= 0.6 is 11.8 Å². The van der Waals surface area contributed by atoms with Crippen LogP contribution in [0.2, 0.25) is 0 Å². The Morgan fingerprint density at radius 2 is 1.85 bits per heavy atom. The number of carbonyl (C=O) groups excluding carboxylic acids is 3. The molecule has 0 heterocycles. The fourth-order valence-corrected chi connectivity index (χ4v) is 3.61. The average Bonchev–Trinajstić information content (AvgIpc) is 2.81. The van der Waals surface area contributed by atoms with E-state index in [-0.39, 0.29) is 31.4 Å². The summed E-state index contributed by atoms with van der Waals surface area (Å²) in [5.74, 6) is -0.650. The van der Waals surface area contributed by atoms with Crippen molar-refractivity contribution in [3.8, 4) is 5.75 Å². The lowest BCUT2D eigenvalue weighted by Gasteiger charge is -2.28. The Morgan fingerprint density at radius 1 is 1.12 bits per heavy atom. The summed E-state index contributed by atoms with van der Waals surface area (Å²) in [7, 11) is 0. The maximum atomic E-state index is 13.5. The lowest BCUT2D eigenvalue weighted by atomic mass is 10.1. The van der Waals surface area contributed by atoms with Crippen LogP contribution in [-0.4, -0.2) is 59.1 Å². The van der Waals surface area contributed by atoms with Crippen molar-refractivity contribution < 1.29 is 24.2 Å². The third-order valence-corrected chi connectivity index (χ3v) is 5.58. The van der Waals surface area contributed by atoms with Crippen LogP contribution in [0.15, 0.2) is 48.5 Å². The molecule has 0 aliphatic carbocycles. The number of nitrogens with one attached hydrogen (secondary N) is 2. The highest BCUT2D eigenvalue weighted by atomic mass is 32.2. The fourth-order valence-electron chi connectivity index (χ4n) is 3.14. The minimum absolute atomic E-state index is 0.0106. The van der Waals surface area contributed by atoms with E-state index in [4.69, 9.17) is 4.74 Å². The largest absolute Gasteiger partial charge is 0.508 e. The molecule has 0 spiro atoms. The van der Waals surface area contributed by atoms with E-state index in [1.54, 1.807) is 37.7 Å². The zero-order chi connectivity index (χ0) is 24.2. The predicted molar refractivity (Wildman–Crippen MR) is 129 cm³/mol. The van der Waals surface area contributed by atoms with Crippen molar-refractivity contribution in [2.24, 2.45) is 0 Å².